The van der Waals surface area contributed by atoms with E-state index < -0.39 is 11.8 Å². The lowest BCUT2D eigenvalue weighted by Gasteiger charge is -2.02. The predicted molar refractivity (Wildman–Crippen MR) is 55.4 cm³/mol. The SMILES string of the molecule is CC.CCOC(=O)c1ccc(O)cc1F. The highest BCUT2D eigenvalue weighted by Crippen LogP contribution is 2.15. The first kappa shape index (κ1) is 13.4. The van der Waals surface area contributed by atoms with Crippen molar-refractivity contribution in [2.24, 2.45) is 0 Å². The average molecular weight is 214 g/mol. The molecule has 0 atom stereocenters. The Bertz CT molecular complexity index is 324. The molecule has 84 valence electrons. The van der Waals surface area contributed by atoms with Crippen molar-refractivity contribution in [2.45, 2.75) is 20.8 Å². The molecule has 0 aliphatic carbocycles. The second-order valence-corrected chi connectivity index (χ2v) is 2.38. The van der Waals surface area contributed by atoms with E-state index in [0.29, 0.717) is 0 Å². The Morgan fingerprint density at radius 3 is 2.53 bits per heavy atom. The van der Waals surface area contributed by atoms with Gasteiger partial charge in [0, 0.05) is 6.07 Å². The molecule has 1 rings (SSSR count). The van der Waals surface area contributed by atoms with E-state index >= 15 is 0 Å². The van der Waals surface area contributed by atoms with Crippen molar-refractivity contribution in [1.29, 1.82) is 0 Å². The van der Waals surface area contributed by atoms with Gasteiger partial charge in [-0.25, -0.2) is 9.18 Å². The van der Waals surface area contributed by atoms with Crippen molar-refractivity contribution >= 4 is 5.97 Å². The largest absolute Gasteiger partial charge is 0.508 e. The molecule has 0 aromatic heterocycles. The molecule has 0 aliphatic heterocycles. The fourth-order valence-corrected chi connectivity index (χ4v) is 0.878. The van der Waals surface area contributed by atoms with Gasteiger partial charge in [0.15, 0.2) is 0 Å². The molecule has 0 saturated heterocycles. The van der Waals surface area contributed by atoms with Gasteiger partial charge in [-0.05, 0) is 19.1 Å². The summed E-state index contributed by atoms with van der Waals surface area (Å²) in [5.41, 5.74) is -0.167. The third-order valence-corrected chi connectivity index (χ3v) is 1.45. The van der Waals surface area contributed by atoms with Crippen molar-refractivity contribution in [2.75, 3.05) is 6.61 Å². The summed E-state index contributed by atoms with van der Waals surface area (Å²) < 4.78 is 17.6. The maximum atomic E-state index is 13.0. The number of esters is 1. The topological polar surface area (TPSA) is 46.5 Å². The molecular weight excluding hydrogens is 199 g/mol. The van der Waals surface area contributed by atoms with Crippen molar-refractivity contribution in [3.05, 3.63) is 29.6 Å². The van der Waals surface area contributed by atoms with Gasteiger partial charge in [0.25, 0.3) is 0 Å². The Kier molecular flexibility index (Phi) is 6.09. The number of hydrogen-bond acceptors (Lipinski definition) is 3. The van der Waals surface area contributed by atoms with Crippen molar-refractivity contribution in [1.82, 2.24) is 0 Å². The molecular formula is C11H15FO3. The third-order valence-electron chi connectivity index (χ3n) is 1.45. The molecule has 3 nitrogen and oxygen atoms in total. The van der Waals surface area contributed by atoms with Crippen LogP contribution in [0.25, 0.3) is 0 Å². The Morgan fingerprint density at radius 1 is 1.47 bits per heavy atom. The van der Waals surface area contributed by atoms with Crippen molar-refractivity contribution in [3.63, 3.8) is 0 Å². The molecule has 1 aromatic rings. The molecule has 0 fully saturated rings. The van der Waals surface area contributed by atoms with Gasteiger partial charge in [-0.3, -0.25) is 0 Å². The minimum atomic E-state index is -0.779. The lowest BCUT2D eigenvalue weighted by molar-refractivity contribution is 0.0521. The van der Waals surface area contributed by atoms with E-state index in [9.17, 15) is 9.18 Å². The maximum absolute atomic E-state index is 13.0. The van der Waals surface area contributed by atoms with E-state index in [1.807, 2.05) is 13.8 Å². The number of carbonyl (C=O) groups excluding carboxylic acids is 1. The second-order valence-electron chi connectivity index (χ2n) is 2.38. The highest BCUT2D eigenvalue weighted by Gasteiger charge is 2.12. The summed E-state index contributed by atoms with van der Waals surface area (Å²) in [5.74, 6) is -1.72. The van der Waals surface area contributed by atoms with Gasteiger partial charge in [-0.2, -0.15) is 0 Å². The van der Waals surface area contributed by atoms with Crippen LogP contribution >= 0.6 is 0 Å². The molecule has 1 aromatic carbocycles. The first-order valence-electron chi connectivity index (χ1n) is 4.80. The Morgan fingerprint density at radius 2 is 2.07 bits per heavy atom. The Hall–Kier alpha value is -1.58. The van der Waals surface area contributed by atoms with Gasteiger partial charge in [-0.1, -0.05) is 13.8 Å². The van der Waals surface area contributed by atoms with Gasteiger partial charge < -0.3 is 9.84 Å². The Labute approximate surface area is 88.5 Å². The third kappa shape index (κ3) is 3.97. The minimum Gasteiger partial charge on any atom is -0.508 e. The van der Waals surface area contributed by atoms with Crippen molar-refractivity contribution in [3.8, 4) is 5.75 Å². The van der Waals surface area contributed by atoms with Crippen LogP contribution in [-0.2, 0) is 4.74 Å². The number of ether oxygens (including phenoxy) is 1. The summed E-state index contributed by atoms with van der Waals surface area (Å²) in [6, 6.07) is 3.28. The lowest BCUT2D eigenvalue weighted by atomic mass is 10.2. The second kappa shape index (κ2) is 6.81. The number of carbonyl (C=O) groups is 1. The summed E-state index contributed by atoms with van der Waals surface area (Å²) in [6.45, 7) is 5.83. The van der Waals surface area contributed by atoms with E-state index in [2.05, 4.69) is 4.74 Å². The van der Waals surface area contributed by atoms with Crippen LogP contribution in [0.15, 0.2) is 18.2 Å². The Balaban J connectivity index is 0.000000921. The number of aromatic hydroxyl groups is 1. The van der Waals surface area contributed by atoms with Crippen LogP contribution in [0.3, 0.4) is 0 Å². The fraction of sp³-hybridized carbons (Fsp3) is 0.364. The van der Waals surface area contributed by atoms with Gasteiger partial charge in [0.05, 0.1) is 12.2 Å². The zero-order valence-electron chi connectivity index (χ0n) is 9.08. The van der Waals surface area contributed by atoms with Crippen LogP contribution in [-0.4, -0.2) is 17.7 Å². The molecule has 0 bridgehead atoms. The zero-order valence-corrected chi connectivity index (χ0v) is 9.08. The number of halogens is 1. The minimum absolute atomic E-state index is 0.167. The first-order chi connectivity index (χ1) is 7.15. The van der Waals surface area contributed by atoms with Crippen LogP contribution in [0.2, 0.25) is 0 Å². The van der Waals surface area contributed by atoms with E-state index in [0.717, 1.165) is 6.07 Å². The molecule has 0 aliphatic rings. The van der Waals surface area contributed by atoms with Gasteiger partial charge in [-0.15, -0.1) is 0 Å². The number of rotatable bonds is 2. The molecule has 15 heavy (non-hydrogen) atoms. The molecule has 0 amide bonds. The molecule has 0 unspecified atom stereocenters. The van der Waals surface area contributed by atoms with E-state index in [4.69, 9.17) is 5.11 Å². The highest BCUT2D eigenvalue weighted by molar-refractivity contribution is 5.89. The van der Waals surface area contributed by atoms with Crippen LogP contribution < -0.4 is 0 Å². The van der Waals surface area contributed by atoms with E-state index in [1.165, 1.54) is 12.1 Å². The summed E-state index contributed by atoms with van der Waals surface area (Å²) in [6.07, 6.45) is 0. The summed E-state index contributed by atoms with van der Waals surface area (Å²) in [4.78, 5) is 11.0. The average Bonchev–Trinajstić information content (AvgIpc) is 2.21. The zero-order chi connectivity index (χ0) is 11.8. The first-order valence-corrected chi connectivity index (χ1v) is 4.80. The van der Waals surface area contributed by atoms with Crippen LogP contribution in [0.5, 0.6) is 5.75 Å². The molecule has 0 saturated carbocycles. The van der Waals surface area contributed by atoms with Gasteiger partial charge in [0.1, 0.15) is 11.6 Å². The molecule has 1 N–H and O–H groups in total. The molecule has 0 radical (unpaired) electrons. The molecule has 4 heteroatoms. The normalized spacial score (nSPS) is 8.80. The standard InChI is InChI=1S/C9H9FO3.C2H6/c1-2-13-9(12)7-4-3-6(11)5-8(7)10;1-2/h3-5,11H,2H2,1H3;1-2H3. The van der Waals surface area contributed by atoms with Crippen LogP contribution in [0.4, 0.5) is 4.39 Å². The summed E-state index contributed by atoms with van der Waals surface area (Å²) in [7, 11) is 0. The number of phenolic OH excluding ortho intramolecular Hbond substituents is 1. The maximum Gasteiger partial charge on any atom is 0.341 e. The number of benzene rings is 1. The smallest absolute Gasteiger partial charge is 0.341 e. The molecule has 0 spiro atoms. The monoisotopic (exact) mass is 214 g/mol. The van der Waals surface area contributed by atoms with Crippen molar-refractivity contribution < 1.29 is 19.0 Å². The summed E-state index contributed by atoms with van der Waals surface area (Å²) in [5, 5.41) is 8.86. The van der Waals surface area contributed by atoms with Crippen LogP contribution in [0.1, 0.15) is 31.1 Å². The lowest BCUT2D eigenvalue weighted by Crippen LogP contribution is -2.06. The van der Waals surface area contributed by atoms with Gasteiger partial charge >= 0.3 is 5.97 Å². The quantitative estimate of drug-likeness (QED) is 0.770. The predicted octanol–water partition coefficient (Wildman–Crippen LogP) is 2.73. The van der Waals surface area contributed by atoms with E-state index in [-0.39, 0.29) is 17.9 Å². The van der Waals surface area contributed by atoms with E-state index in [1.54, 1.807) is 6.92 Å². The molecule has 0 heterocycles. The van der Waals surface area contributed by atoms with Crippen LogP contribution in [0, 0.1) is 5.82 Å². The van der Waals surface area contributed by atoms with Gasteiger partial charge in [0.2, 0.25) is 0 Å². The number of hydrogen-bond donors (Lipinski definition) is 1. The fourth-order valence-electron chi connectivity index (χ4n) is 0.878. The summed E-state index contributed by atoms with van der Waals surface area (Å²) >= 11 is 0. The highest BCUT2D eigenvalue weighted by atomic mass is 19.1. The number of phenols is 1.